The average Bonchev–Trinajstić information content (AvgIpc) is 2.98. The lowest BCUT2D eigenvalue weighted by Crippen LogP contribution is -2.30. The van der Waals surface area contributed by atoms with E-state index in [0.29, 0.717) is 6.54 Å². The summed E-state index contributed by atoms with van der Waals surface area (Å²) in [7, 11) is 5.67. The Labute approximate surface area is 141 Å². The number of alkyl halides is 2. The first kappa shape index (κ1) is 18.4. The van der Waals surface area contributed by atoms with Crippen molar-refractivity contribution >= 4 is 0 Å². The molecular formula is C17H24F2N4O. The van der Waals surface area contributed by atoms with Gasteiger partial charge in [-0.2, -0.15) is 5.10 Å². The van der Waals surface area contributed by atoms with Crippen LogP contribution in [-0.4, -0.2) is 48.9 Å². The van der Waals surface area contributed by atoms with Crippen molar-refractivity contribution in [3.8, 4) is 5.75 Å². The van der Waals surface area contributed by atoms with Gasteiger partial charge in [0.2, 0.25) is 0 Å². The van der Waals surface area contributed by atoms with Crippen LogP contribution >= 0.6 is 0 Å². The lowest BCUT2D eigenvalue weighted by molar-refractivity contribution is 0.122. The summed E-state index contributed by atoms with van der Waals surface area (Å²) in [6.07, 6.45) is 0.877. The smallest absolute Gasteiger partial charge is 0.257 e. The van der Waals surface area contributed by atoms with Gasteiger partial charge in [-0.15, -0.1) is 0 Å². The van der Waals surface area contributed by atoms with Crippen LogP contribution in [0.15, 0.2) is 36.7 Å². The minimum absolute atomic E-state index is 0.115. The highest BCUT2D eigenvalue weighted by atomic mass is 19.3. The Morgan fingerprint density at radius 2 is 1.96 bits per heavy atom. The Kier molecular flexibility index (Phi) is 6.69. The largest absolute Gasteiger partial charge is 0.497 e. The van der Waals surface area contributed by atoms with Crippen LogP contribution in [0.2, 0.25) is 0 Å². The van der Waals surface area contributed by atoms with Gasteiger partial charge in [-0.1, -0.05) is 12.1 Å². The summed E-state index contributed by atoms with van der Waals surface area (Å²) in [6.45, 7) is 1.00. The number of benzene rings is 1. The quantitative estimate of drug-likeness (QED) is 0.763. The van der Waals surface area contributed by atoms with Crippen LogP contribution < -0.4 is 10.1 Å². The highest BCUT2D eigenvalue weighted by Crippen LogP contribution is 2.19. The highest BCUT2D eigenvalue weighted by Gasteiger charge is 2.13. The molecule has 0 aliphatic heterocycles. The fraction of sp³-hybridized carbons (Fsp3) is 0.471. The molecule has 7 heteroatoms. The number of likely N-dealkylation sites (N-methyl/N-ethyl adjacent to an activating group) is 1. The van der Waals surface area contributed by atoms with Gasteiger partial charge in [0.1, 0.15) is 12.3 Å². The van der Waals surface area contributed by atoms with E-state index in [2.05, 4.69) is 15.3 Å². The number of aromatic nitrogens is 2. The van der Waals surface area contributed by atoms with Crippen molar-refractivity contribution in [1.29, 1.82) is 0 Å². The van der Waals surface area contributed by atoms with E-state index in [1.807, 2.05) is 38.4 Å². The van der Waals surface area contributed by atoms with Crippen LogP contribution in [0, 0.1) is 0 Å². The third-order valence-corrected chi connectivity index (χ3v) is 3.63. The molecule has 0 aliphatic carbocycles. The lowest BCUT2D eigenvalue weighted by atomic mass is 10.1. The molecule has 5 nitrogen and oxygen atoms in total. The molecule has 1 atom stereocenters. The number of hydrogen-bond acceptors (Lipinski definition) is 4. The van der Waals surface area contributed by atoms with Crippen molar-refractivity contribution in [3.05, 3.63) is 47.8 Å². The maximum atomic E-state index is 12.4. The molecule has 0 bridgehead atoms. The summed E-state index contributed by atoms with van der Waals surface area (Å²) in [5, 5.41) is 7.42. The van der Waals surface area contributed by atoms with E-state index in [4.69, 9.17) is 4.74 Å². The number of nitrogens with zero attached hydrogens (tertiary/aromatic N) is 3. The van der Waals surface area contributed by atoms with Crippen LogP contribution in [0.3, 0.4) is 0 Å². The van der Waals surface area contributed by atoms with Crippen LogP contribution in [-0.2, 0) is 13.1 Å². The second-order valence-electron chi connectivity index (χ2n) is 5.93. The first-order valence-electron chi connectivity index (χ1n) is 7.79. The van der Waals surface area contributed by atoms with E-state index in [1.54, 1.807) is 19.5 Å². The summed E-state index contributed by atoms with van der Waals surface area (Å²) in [6, 6.07) is 8.03. The molecule has 2 aromatic rings. The van der Waals surface area contributed by atoms with Crippen molar-refractivity contribution in [3.63, 3.8) is 0 Å². The highest BCUT2D eigenvalue weighted by molar-refractivity contribution is 5.29. The zero-order chi connectivity index (χ0) is 17.5. The molecule has 0 amide bonds. The van der Waals surface area contributed by atoms with Gasteiger partial charge < -0.3 is 15.0 Å². The third kappa shape index (κ3) is 5.58. The molecule has 24 heavy (non-hydrogen) atoms. The van der Waals surface area contributed by atoms with Crippen molar-refractivity contribution in [2.75, 3.05) is 27.7 Å². The number of hydrogen-bond donors (Lipinski definition) is 1. The topological polar surface area (TPSA) is 42.3 Å². The van der Waals surface area contributed by atoms with Crippen LogP contribution in [0.4, 0.5) is 8.78 Å². The zero-order valence-electron chi connectivity index (χ0n) is 14.2. The maximum Gasteiger partial charge on any atom is 0.257 e. The molecule has 0 saturated carbocycles. The Hall–Kier alpha value is -1.99. The average molecular weight is 338 g/mol. The Bertz CT molecular complexity index is 613. The molecule has 1 aromatic carbocycles. The maximum absolute atomic E-state index is 12.4. The summed E-state index contributed by atoms with van der Waals surface area (Å²) in [5.74, 6) is 0.815. The molecule has 0 radical (unpaired) electrons. The van der Waals surface area contributed by atoms with E-state index < -0.39 is 6.43 Å². The Morgan fingerprint density at radius 3 is 2.54 bits per heavy atom. The Balaban J connectivity index is 2.01. The predicted molar refractivity (Wildman–Crippen MR) is 89.4 cm³/mol. The fourth-order valence-electron chi connectivity index (χ4n) is 2.47. The summed E-state index contributed by atoms with van der Waals surface area (Å²) >= 11 is 0. The standard InChI is InChI=1S/C17H24F2N4O/c1-22(2)11-16(14-4-6-15(24-3)7-5-14)20-8-13-9-21-23(10-13)12-17(18)19/h4-7,9-10,16-17,20H,8,11-12H2,1-3H3. The number of ether oxygens (including phenoxy) is 1. The molecule has 0 aliphatic rings. The van der Waals surface area contributed by atoms with Gasteiger partial charge in [-0.25, -0.2) is 8.78 Å². The van der Waals surface area contributed by atoms with Gasteiger partial charge in [-0.05, 0) is 31.8 Å². The number of methoxy groups -OCH3 is 1. The van der Waals surface area contributed by atoms with Gasteiger partial charge in [0.25, 0.3) is 6.43 Å². The molecule has 1 N–H and O–H groups in total. The van der Waals surface area contributed by atoms with Crippen molar-refractivity contribution in [2.45, 2.75) is 25.6 Å². The van der Waals surface area contributed by atoms with Crippen LogP contribution in [0.25, 0.3) is 0 Å². The van der Waals surface area contributed by atoms with E-state index in [1.165, 1.54) is 4.68 Å². The molecule has 2 rings (SSSR count). The molecule has 0 fully saturated rings. The fourth-order valence-corrected chi connectivity index (χ4v) is 2.47. The van der Waals surface area contributed by atoms with Gasteiger partial charge in [0.15, 0.2) is 0 Å². The van der Waals surface area contributed by atoms with Gasteiger partial charge in [0, 0.05) is 30.9 Å². The summed E-state index contributed by atoms with van der Waals surface area (Å²) in [5.41, 5.74) is 2.03. The predicted octanol–water partition coefficient (Wildman–Crippen LogP) is 2.55. The molecule has 1 aromatic heterocycles. The third-order valence-electron chi connectivity index (χ3n) is 3.63. The minimum Gasteiger partial charge on any atom is -0.497 e. The van der Waals surface area contributed by atoms with Crippen molar-refractivity contribution in [1.82, 2.24) is 20.0 Å². The minimum atomic E-state index is -2.40. The SMILES string of the molecule is COc1ccc(C(CN(C)C)NCc2cnn(CC(F)F)c2)cc1. The molecule has 1 heterocycles. The lowest BCUT2D eigenvalue weighted by Gasteiger charge is -2.23. The van der Waals surface area contributed by atoms with E-state index in [9.17, 15) is 8.78 Å². The van der Waals surface area contributed by atoms with Crippen molar-refractivity contribution < 1.29 is 13.5 Å². The molecule has 0 saturated heterocycles. The van der Waals surface area contributed by atoms with Gasteiger partial charge in [-0.3, -0.25) is 4.68 Å². The molecule has 0 spiro atoms. The van der Waals surface area contributed by atoms with Gasteiger partial charge in [0.05, 0.1) is 13.3 Å². The monoisotopic (exact) mass is 338 g/mol. The second-order valence-corrected chi connectivity index (χ2v) is 5.93. The van der Waals surface area contributed by atoms with Crippen LogP contribution in [0.5, 0.6) is 5.75 Å². The van der Waals surface area contributed by atoms with E-state index in [-0.39, 0.29) is 12.6 Å². The number of rotatable bonds is 9. The first-order chi connectivity index (χ1) is 11.5. The number of halogens is 2. The summed E-state index contributed by atoms with van der Waals surface area (Å²) in [4.78, 5) is 2.10. The number of nitrogens with one attached hydrogen (secondary N) is 1. The van der Waals surface area contributed by atoms with E-state index in [0.717, 1.165) is 23.4 Å². The molecular weight excluding hydrogens is 314 g/mol. The van der Waals surface area contributed by atoms with Crippen LogP contribution in [0.1, 0.15) is 17.2 Å². The molecule has 132 valence electrons. The zero-order valence-corrected chi connectivity index (χ0v) is 14.2. The normalized spacial score (nSPS) is 12.8. The van der Waals surface area contributed by atoms with E-state index >= 15 is 0 Å². The Morgan fingerprint density at radius 1 is 1.25 bits per heavy atom. The summed E-state index contributed by atoms with van der Waals surface area (Å²) < 4.78 is 31.2. The first-order valence-corrected chi connectivity index (χ1v) is 7.79. The second kappa shape index (κ2) is 8.75. The molecule has 1 unspecified atom stereocenters. The van der Waals surface area contributed by atoms with Gasteiger partial charge >= 0.3 is 0 Å². The van der Waals surface area contributed by atoms with Crippen molar-refractivity contribution in [2.24, 2.45) is 0 Å².